The maximum atomic E-state index is 11.9. The third-order valence-electron chi connectivity index (χ3n) is 3.54. The molecule has 0 aromatic heterocycles. The molecular formula is C17H20N2O2. The Balaban J connectivity index is 1.81. The predicted octanol–water partition coefficient (Wildman–Crippen LogP) is 1.60. The minimum Gasteiger partial charge on any atom is -0.352 e. The van der Waals surface area contributed by atoms with Crippen LogP contribution in [0.5, 0.6) is 0 Å². The van der Waals surface area contributed by atoms with Crippen molar-refractivity contribution in [2.24, 2.45) is 0 Å². The van der Waals surface area contributed by atoms with E-state index in [4.69, 9.17) is 0 Å². The Kier molecular flexibility index (Phi) is 5.39. The van der Waals surface area contributed by atoms with Crippen LogP contribution in [-0.4, -0.2) is 23.9 Å². The van der Waals surface area contributed by atoms with Crippen molar-refractivity contribution in [3.8, 4) is 11.8 Å². The zero-order valence-corrected chi connectivity index (χ0v) is 12.2. The molecule has 0 heterocycles. The lowest BCUT2D eigenvalue weighted by Crippen LogP contribution is -2.47. The second-order valence-electron chi connectivity index (χ2n) is 5.30. The highest BCUT2D eigenvalue weighted by Crippen LogP contribution is 2.17. The number of hydrogen-bond donors (Lipinski definition) is 2. The van der Waals surface area contributed by atoms with Gasteiger partial charge < -0.3 is 10.6 Å². The molecule has 0 unspecified atom stereocenters. The molecule has 1 aliphatic carbocycles. The van der Waals surface area contributed by atoms with Crippen molar-refractivity contribution in [3.05, 3.63) is 35.9 Å². The van der Waals surface area contributed by atoms with Crippen molar-refractivity contribution in [3.63, 3.8) is 0 Å². The van der Waals surface area contributed by atoms with E-state index >= 15 is 0 Å². The maximum absolute atomic E-state index is 11.9. The third-order valence-corrected chi connectivity index (χ3v) is 3.54. The molecule has 110 valence electrons. The highest BCUT2D eigenvalue weighted by Gasteiger charge is 2.21. The summed E-state index contributed by atoms with van der Waals surface area (Å²) >= 11 is 0. The molecule has 0 saturated heterocycles. The lowest BCUT2D eigenvalue weighted by atomic mass is 10.2. The topological polar surface area (TPSA) is 58.2 Å². The van der Waals surface area contributed by atoms with Crippen LogP contribution >= 0.6 is 0 Å². The SMILES string of the molecule is C[C@@H](NC(=O)C#Cc1ccccc1)C(=O)NC1CCCC1. The molecule has 1 saturated carbocycles. The molecule has 0 radical (unpaired) electrons. The minimum absolute atomic E-state index is 0.142. The highest BCUT2D eigenvalue weighted by atomic mass is 16.2. The zero-order valence-electron chi connectivity index (χ0n) is 12.2. The fraction of sp³-hybridized carbons (Fsp3) is 0.412. The van der Waals surface area contributed by atoms with Crippen molar-refractivity contribution in [2.45, 2.75) is 44.7 Å². The predicted molar refractivity (Wildman–Crippen MR) is 81.3 cm³/mol. The van der Waals surface area contributed by atoms with Crippen LogP contribution in [0.4, 0.5) is 0 Å². The standard InChI is InChI=1S/C17H20N2O2/c1-13(17(21)19-15-9-5-6-10-15)18-16(20)12-11-14-7-3-2-4-8-14/h2-4,7-8,13,15H,5-6,9-10H2,1H3,(H,18,20)(H,19,21)/t13-/m1/s1. The molecule has 1 aromatic carbocycles. The second-order valence-corrected chi connectivity index (χ2v) is 5.30. The van der Waals surface area contributed by atoms with Gasteiger partial charge in [0.2, 0.25) is 5.91 Å². The van der Waals surface area contributed by atoms with Gasteiger partial charge in [0.05, 0.1) is 0 Å². The van der Waals surface area contributed by atoms with Crippen LogP contribution in [0.2, 0.25) is 0 Å². The van der Waals surface area contributed by atoms with Gasteiger partial charge in [0.1, 0.15) is 6.04 Å². The minimum atomic E-state index is -0.567. The average Bonchev–Trinajstić information content (AvgIpc) is 2.99. The van der Waals surface area contributed by atoms with Crippen LogP contribution in [0.3, 0.4) is 0 Å². The van der Waals surface area contributed by atoms with Crippen LogP contribution in [0.1, 0.15) is 38.2 Å². The number of carbonyl (C=O) groups excluding carboxylic acids is 2. The molecule has 4 heteroatoms. The van der Waals surface area contributed by atoms with Crippen LogP contribution in [-0.2, 0) is 9.59 Å². The van der Waals surface area contributed by atoms with E-state index in [2.05, 4.69) is 22.5 Å². The zero-order chi connectivity index (χ0) is 15.1. The Morgan fingerprint density at radius 3 is 2.52 bits per heavy atom. The first kappa shape index (κ1) is 15.1. The van der Waals surface area contributed by atoms with E-state index in [1.165, 1.54) is 0 Å². The van der Waals surface area contributed by atoms with Crippen molar-refractivity contribution in [2.75, 3.05) is 0 Å². The van der Waals surface area contributed by atoms with E-state index < -0.39 is 11.9 Å². The molecule has 2 N–H and O–H groups in total. The number of benzene rings is 1. The van der Waals surface area contributed by atoms with E-state index in [1.807, 2.05) is 30.3 Å². The quantitative estimate of drug-likeness (QED) is 0.828. The number of amides is 2. The normalized spacial score (nSPS) is 15.7. The summed E-state index contributed by atoms with van der Waals surface area (Å²) in [6, 6.07) is 8.96. The van der Waals surface area contributed by atoms with Crippen molar-refractivity contribution in [1.82, 2.24) is 10.6 Å². The summed E-state index contributed by atoms with van der Waals surface area (Å²) in [5, 5.41) is 5.56. The van der Waals surface area contributed by atoms with E-state index in [0.717, 1.165) is 31.2 Å². The summed E-state index contributed by atoms with van der Waals surface area (Å²) in [7, 11) is 0. The summed E-state index contributed by atoms with van der Waals surface area (Å²) in [6.45, 7) is 1.67. The monoisotopic (exact) mass is 284 g/mol. The number of hydrogen-bond acceptors (Lipinski definition) is 2. The summed E-state index contributed by atoms with van der Waals surface area (Å²) in [6.07, 6.45) is 4.38. The van der Waals surface area contributed by atoms with Gasteiger partial charge in [-0.2, -0.15) is 0 Å². The fourth-order valence-electron chi connectivity index (χ4n) is 2.35. The number of nitrogens with one attached hydrogen (secondary N) is 2. The Morgan fingerprint density at radius 2 is 1.86 bits per heavy atom. The van der Waals surface area contributed by atoms with Crippen LogP contribution in [0.25, 0.3) is 0 Å². The van der Waals surface area contributed by atoms with Crippen LogP contribution < -0.4 is 10.6 Å². The van der Waals surface area contributed by atoms with E-state index in [1.54, 1.807) is 6.92 Å². The van der Waals surface area contributed by atoms with Gasteiger partial charge >= 0.3 is 0 Å². The smallest absolute Gasteiger partial charge is 0.296 e. The Labute approximate surface area is 125 Å². The molecule has 21 heavy (non-hydrogen) atoms. The molecule has 0 aliphatic heterocycles. The van der Waals surface area contributed by atoms with Gasteiger partial charge in [-0.3, -0.25) is 9.59 Å². The van der Waals surface area contributed by atoms with Gasteiger partial charge in [0.15, 0.2) is 0 Å². The third kappa shape index (κ3) is 4.96. The molecule has 1 atom stereocenters. The molecule has 0 spiro atoms. The lowest BCUT2D eigenvalue weighted by Gasteiger charge is -2.16. The van der Waals surface area contributed by atoms with Crippen LogP contribution in [0, 0.1) is 11.8 Å². The maximum Gasteiger partial charge on any atom is 0.296 e. The molecular weight excluding hydrogens is 264 g/mol. The summed E-state index contributed by atoms with van der Waals surface area (Å²) in [4.78, 5) is 23.6. The first-order valence-electron chi connectivity index (χ1n) is 7.33. The van der Waals surface area contributed by atoms with Crippen LogP contribution in [0.15, 0.2) is 30.3 Å². The number of rotatable bonds is 3. The van der Waals surface area contributed by atoms with Crippen molar-refractivity contribution in [1.29, 1.82) is 0 Å². The van der Waals surface area contributed by atoms with Gasteiger partial charge in [-0.15, -0.1) is 0 Å². The molecule has 1 aromatic rings. The van der Waals surface area contributed by atoms with E-state index in [0.29, 0.717) is 0 Å². The van der Waals surface area contributed by atoms with E-state index in [-0.39, 0.29) is 11.9 Å². The Bertz CT molecular complexity index is 551. The average molecular weight is 284 g/mol. The molecule has 2 rings (SSSR count). The first-order chi connectivity index (χ1) is 10.1. The summed E-state index contributed by atoms with van der Waals surface area (Å²) in [5.74, 6) is 4.69. The van der Waals surface area contributed by atoms with Crippen molar-refractivity contribution >= 4 is 11.8 Å². The fourth-order valence-corrected chi connectivity index (χ4v) is 2.35. The van der Waals surface area contributed by atoms with Gasteiger partial charge in [0.25, 0.3) is 5.91 Å². The summed E-state index contributed by atoms with van der Waals surface area (Å²) in [5.41, 5.74) is 0.774. The lowest BCUT2D eigenvalue weighted by molar-refractivity contribution is -0.126. The molecule has 0 bridgehead atoms. The number of carbonyl (C=O) groups is 2. The van der Waals surface area contributed by atoms with Gasteiger partial charge in [0, 0.05) is 17.5 Å². The molecule has 2 amide bonds. The molecule has 4 nitrogen and oxygen atoms in total. The Hall–Kier alpha value is -2.28. The Morgan fingerprint density at radius 1 is 1.19 bits per heavy atom. The highest BCUT2D eigenvalue weighted by molar-refractivity contribution is 5.97. The molecule has 1 fully saturated rings. The van der Waals surface area contributed by atoms with Crippen molar-refractivity contribution < 1.29 is 9.59 Å². The van der Waals surface area contributed by atoms with Gasteiger partial charge in [-0.1, -0.05) is 37.0 Å². The second kappa shape index (κ2) is 7.49. The van der Waals surface area contributed by atoms with E-state index in [9.17, 15) is 9.59 Å². The van der Waals surface area contributed by atoms with Gasteiger partial charge in [-0.05, 0) is 31.9 Å². The first-order valence-corrected chi connectivity index (χ1v) is 7.33. The van der Waals surface area contributed by atoms with Gasteiger partial charge in [-0.25, -0.2) is 0 Å². The molecule has 1 aliphatic rings. The largest absolute Gasteiger partial charge is 0.352 e. The summed E-state index contributed by atoms with van der Waals surface area (Å²) < 4.78 is 0.